The molecule has 1 aromatic heterocycles. The highest BCUT2D eigenvalue weighted by molar-refractivity contribution is 5.76. The second-order valence-corrected chi connectivity index (χ2v) is 6.76. The van der Waals surface area contributed by atoms with E-state index in [0.717, 1.165) is 17.7 Å². The molecule has 3 heterocycles. The Hall–Kier alpha value is -1.61. The number of nitrogens with zero attached hydrogens (tertiary/aromatic N) is 2. The molecule has 0 radical (unpaired) electrons. The lowest BCUT2D eigenvalue weighted by atomic mass is 9.90. The number of aryl methyl sites for hydroxylation is 1. The molecule has 0 spiro atoms. The smallest absolute Gasteiger partial charge is 0.437 e. The van der Waals surface area contributed by atoms with Gasteiger partial charge in [-0.2, -0.15) is 18.3 Å². The van der Waals surface area contributed by atoms with Crippen LogP contribution in [0.5, 0.6) is 0 Å². The Kier molecular flexibility index (Phi) is 3.44. The molecule has 4 rings (SSSR count). The van der Waals surface area contributed by atoms with Crippen molar-refractivity contribution in [1.82, 2.24) is 15.1 Å². The van der Waals surface area contributed by atoms with Gasteiger partial charge in [0.05, 0.1) is 25.5 Å². The van der Waals surface area contributed by atoms with E-state index in [4.69, 9.17) is 9.47 Å². The van der Waals surface area contributed by atoms with Gasteiger partial charge in [-0.25, -0.2) is 4.79 Å². The van der Waals surface area contributed by atoms with Crippen molar-refractivity contribution in [2.75, 3.05) is 19.8 Å². The Morgan fingerprint density at radius 3 is 2.88 bits per heavy atom. The molecule has 24 heavy (non-hydrogen) atoms. The fourth-order valence-electron chi connectivity index (χ4n) is 3.86. The number of carbonyl (C=O) groups excluding carboxylic acids is 1. The predicted molar refractivity (Wildman–Crippen MR) is 75.2 cm³/mol. The highest BCUT2D eigenvalue weighted by atomic mass is 19.4. The minimum atomic E-state index is -4.97. The van der Waals surface area contributed by atoms with Gasteiger partial charge in [0.1, 0.15) is 0 Å². The first-order valence-corrected chi connectivity index (χ1v) is 7.99. The summed E-state index contributed by atoms with van der Waals surface area (Å²) in [7, 11) is 0. The minimum absolute atomic E-state index is 0.0235. The van der Waals surface area contributed by atoms with Crippen LogP contribution >= 0.6 is 0 Å². The molecule has 2 saturated heterocycles. The van der Waals surface area contributed by atoms with E-state index >= 15 is 0 Å². The van der Waals surface area contributed by atoms with Crippen LogP contribution in [0, 0.1) is 12.8 Å². The van der Waals surface area contributed by atoms with Crippen LogP contribution in [-0.2, 0) is 14.3 Å². The number of nitrogens with one attached hydrogen (secondary N) is 1. The van der Waals surface area contributed by atoms with E-state index in [1.807, 2.05) is 11.6 Å². The number of esters is 1. The number of hydrogen-bond acceptors (Lipinski definition) is 5. The molecule has 6 nitrogen and oxygen atoms in total. The largest absolute Gasteiger partial charge is 0.490 e. The number of alkyl halides is 3. The van der Waals surface area contributed by atoms with E-state index in [9.17, 15) is 18.0 Å². The summed E-state index contributed by atoms with van der Waals surface area (Å²) in [6, 6.07) is 0.175. The summed E-state index contributed by atoms with van der Waals surface area (Å²) in [5.41, 5.74) is 0.851. The number of ether oxygens (including phenoxy) is 2. The zero-order chi connectivity index (χ0) is 17.1. The Morgan fingerprint density at radius 1 is 1.50 bits per heavy atom. The summed E-state index contributed by atoms with van der Waals surface area (Å²) < 4.78 is 49.5. The summed E-state index contributed by atoms with van der Waals surface area (Å²) >= 11 is 0. The van der Waals surface area contributed by atoms with Gasteiger partial charge in [0, 0.05) is 24.0 Å². The van der Waals surface area contributed by atoms with Crippen LogP contribution in [0.1, 0.15) is 36.1 Å². The van der Waals surface area contributed by atoms with E-state index < -0.39 is 17.9 Å². The Labute approximate surface area is 136 Å². The molecular weight excluding hydrogens is 327 g/mol. The zero-order valence-electron chi connectivity index (χ0n) is 13.1. The van der Waals surface area contributed by atoms with Gasteiger partial charge in [-0.15, -0.1) is 0 Å². The Morgan fingerprint density at radius 2 is 2.25 bits per heavy atom. The molecule has 1 saturated carbocycles. The third kappa shape index (κ3) is 2.41. The number of halogens is 3. The number of rotatable bonds is 3. The number of carbonyl (C=O) groups is 1. The van der Waals surface area contributed by atoms with Crippen LogP contribution in [0.2, 0.25) is 0 Å². The first kappa shape index (κ1) is 15.9. The molecule has 9 heteroatoms. The maximum atomic E-state index is 12.5. The first-order chi connectivity index (χ1) is 11.3. The zero-order valence-corrected chi connectivity index (χ0v) is 13.1. The minimum Gasteiger partial charge on any atom is -0.437 e. The average molecular weight is 345 g/mol. The molecule has 1 aliphatic carbocycles. The molecule has 3 fully saturated rings. The predicted octanol–water partition coefficient (Wildman–Crippen LogP) is 1.66. The third-order valence-corrected chi connectivity index (χ3v) is 5.18. The Balaban J connectivity index is 1.56. The van der Waals surface area contributed by atoms with Crippen LogP contribution in [0.25, 0.3) is 0 Å². The molecule has 1 N–H and O–H groups in total. The van der Waals surface area contributed by atoms with Gasteiger partial charge in [-0.3, -0.25) is 10.00 Å². The molecule has 132 valence electrons. The van der Waals surface area contributed by atoms with E-state index in [1.54, 1.807) is 6.20 Å². The standard InChI is InChI=1S/C15H18F3N3O3/c1-8-5-20-21(9-6-23-7-9)12(8)10-2-3-19-14(4-11(10)14)24-13(22)15(16,17)18/h5,9-11,19H,2-4,6-7H2,1H3. The van der Waals surface area contributed by atoms with Crippen molar-refractivity contribution in [3.05, 3.63) is 17.5 Å². The van der Waals surface area contributed by atoms with Gasteiger partial charge < -0.3 is 9.47 Å². The quantitative estimate of drug-likeness (QED) is 0.844. The highest BCUT2D eigenvalue weighted by Gasteiger charge is 2.65. The SMILES string of the molecule is Cc1cnn(C2COC2)c1C1CCNC2(OC(=O)C(F)(F)F)CC12. The van der Waals surface area contributed by atoms with Crippen molar-refractivity contribution in [3.63, 3.8) is 0 Å². The maximum absolute atomic E-state index is 12.5. The average Bonchev–Trinajstić information content (AvgIpc) is 3.06. The lowest BCUT2D eigenvalue weighted by Gasteiger charge is -2.33. The summed E-state index contributed by atoms with van der Waals surface area (Å²) in [5.74, 6) is -2.26. The van der Waals surface area contributed by atoms with Crippen molar-refractivity contribution in [3.8, 4) is 0 Å². The van der Waals surface area contributed by atoms with Crippen molar-refractivity contribution in [2.24, 2.45) is 5.92 Å². The summed E-state index contributed by atoms with van der Waals surface area (Å²) in [6.07, 6.45) is -2.03. The van der Waals surface area contributed by atoms with Gasteiger partial charge in [0.25, 0.3) is 0 Å². The van der Waals surface area contributed by atoms with Crippen LogP contribution in [0.4, 0.5) is 13.2 Å². The van der Waals surface area contributed by atoms with Crippen LogP contribution in [-0.4, -0.2) is 47.4 Å². The molecule has 3 atom stereocenters. The van der Waals surface area contributed by atoms with E-state index in [0.29, 0.717) is 26.2 Å². The first-order valence-electron chi connectivity index (χ1n) is 7.99. The molecule has 3 aliphatic rings. The van der Waals surface area contributed by atoms with Crippen LogP contribution < -0.4 is 5.32 Å². The molecule has 0 aromatic carbocycles. The van der Waals surface area contributed by atoms with Gasteiger partial charge in [0.2, 0.25) is 0 Å². The van der Waals surface area contributed by atoms with E-state index in [1.165, 1.54) is 0 Å². The van der Waals surface area contributed by atoms with Gasteiger partial charge in [0.15, 0.2) is 5.72 Å². The summed E-state index contributed by atoms with van der Waals surface area (Å²) in [6.45, 7) is 3.64. The van der Waals surface area contributed by atoms with Gasteiger partial charge in [-0.1, -0.05) is 0 Å². The number of fused-ring (bicyclic) bond motifs is 1. The van der Waals surface area contributed by atoms with Crippen molar-refractivity contribution >= 4 is 5.97 Å². The topological polar surface area (TPSA) is 65.4 Å². The fourth-order valence-corrected chi connectivity index (χ4v) is 3.86. The number of piperidine rings is 1. The van der Waals surface area contributed by atoms with Gasteiger partial charge >= 0.3 is 12.1 Å². The lowest BCUT2D eigenvalue weighted by Crippen LogP contribution is -2.46. The fraction of sp³-hybridized carbons (Fsp3) is 0.733. The molecule has 0 amide bonds. The Bertz CT molecular complexity index is 671. The second kappa shape index (κ2) is 5.19. The van der Waals surface area contributed by atoms with Crippen molar-refractivity contribution in [1.29, 1.82) is 0 Å². The monoisotopic (exact) mass is 345 g/mol. The third-order valence-electron chi connectivity index (χ3n) is 5.18. The molecule has 1 aromatic rings. The van der Waals surface area contributed by atoms with Crippen molar-refractivity contribution in [2.45, 2.75) is 43.6 Å². The normalized spacial score (nSPS) is 32.8. The van der Waals surface area contributed by atoms with E-state index in [-0.39, 0.29) is 17.9 Å². The maximum Gasteiger partial charge on any atom is 0.490 e. The second-order valence-electron chi connectivity index (χ2n) is 6.76. The van der Waals surface area contributed by atoms with Crippen LogP contribution in [0.3, 0.4) is 0 Å². The van der Waals surface area contributed by atoms with Crippen LogP contribution in [0.15, 0.2) is 6.20 Å². The molecule has 3 unspecified atom stereocenters. The molecular formula is C15H18F3N3O3. The van der Waals surface area contributed by atoms with E-state index in [2.05, 4.69) is 10.4 Å². The lowest BCUT2D eigenvalue weighted by molar-refractivity contribution is -0.210. The molecule has 2 aliphatic heterocycles. The van der Waals surface area contributed by atoms with Gasteiger partial charge in [-0.05, 0) is 25.5 Å². The summed E-state index contributed by atoms with van der Waals surface area (Å²) in [5, 5.41) is 7.38. The molecule has 0 bridgehead atoms. The summed E-state index contributed by atoms with van der Waals surface area (Å²) in [4.78, 5) is 11.2. The number of aromatic nitrogens is 2. The van der Waals surface area contributed by atoms with Crippen molar-refractivity contribution < 1.29 is 27.4 Å². The number of hydrogen-bond donors (Lipinski definition) is 1. The highest BCUT2D eigenvalue weighted by Crippen LogP contribution is 2.57.